The van der Waals surface area contributed by atoms with Crippen LogP contribution in [-0.4, -0.2) is 64.9 Å². The van der Waals surface area contributed by atoms with Crippen LogP contribution in [0.4, 0.5) is 5.82 Å². The largest absolute Gasteiger partial charge is 0.361 e. The quantitative estimate of drug-likeness (QED) is 0.667. The van der Waals surface area contributed by atoms with E-state index in [1.54, 1.807) is 0 Å². The van der Waals surface area contributed by atoms with Crippen LogP contribution in [0.1, 0.15) is 17.0 Å². The summed E-state index contributed by atoms with van der Waals surface area (Å²) < 4.78 is 32.1. The Morgan fingerprint density at radius 3 is 2.33 bits per heavy atom. The summed E-state index contributed by atoms with van der Waals surface area (Å²) in [5.74, 6) is 1.66. The van der Waals surface area contributed by atoms with Crippen LogP contribution in [-0.2, 0) is 10.0 Å². The highest BCUT2D eigenvalue weighted by atomic mass is 32.2. The Balaban J connectivity index is 1.76. The van der Waals surface area contributed by atoms with E-state index in [1.807, 2.05) is 37.4 Å². The molecule has 144 valence electrons. The van der Waals surface area contributed by atoms with Crippen LogP contribution in [0, 0.1) is 20.8 Å². The van der Waals surface area contributed by atoms with E-state index in [-0.39, 0.29) is 0 Å². The molecule has 1 aliphatic rings. The molecule has 4 heterocycles. The fourth-order valence-electron chi connectivity index (χ4n) is 3.40. The monoisotopic (exact) mass is 390 g/mol. The van der Waals surface area contributed by atoms with Crippen molar-refractivity contribution in [2.24, 2.45) is 0 Å². The first kappa shape index (κ1) is 17.9. The molecule has 0 aliphatic carbocycles. The van der Waals surface area contributed by atoms with Crippen molar-refractivity contribution in [1.82, 2.24) is 24.1 Å². The van der Waals surface area contributed by atoms with Gasteiger partial charge in [0, 0.05) is 49.6 Å². The SMILES string of the molecule is Cc1cc(-c2cc3nc(C)c(C)c(N4CCN(S(C)(=O)=O)CC4)n3n2)no1. The number of sulfonamides is 1. The summed E-state index contributed by atoms with van der Waals surface area (Å²) in [7, 11) is -3.17. The summed E-state index contributed by atoms with van der Waals surface area (Å²) >= 11 is 0. The molecule has 27 heavy (non-hydrogen) atoms. The minimum absolute atomic E-state index is 0.456. The first-order valence-electron chi connectivity index (χ1n) is 8.75. The van der Waals surface area contributed by atoms with Crippen LogP contribution in [0.25, 0.3) is 17.0 Å². The van der Waals surface area contributed by atoms with Crippen molar-refractivity contribution in [1.29, 1.82) is 0 Å². The van der Waals surface area contributed by atoms with Crippen molar-refractivity contribution in [3.05, 3.63) is 29.2 Å². The Morgan fingerprint density at radius 2 is 1.74 bits per heavy atom. The summed E-state index contributed by atoms with van der Waals surface area (Å²) in [6, 6.07) is 3.73. The predicted molar refractivity (Wildman–Crippen MR) is 101 cm³/mol. The van der Waals surface area contributed by atoms with Gasteiger partial charge in [0.05, 0.1) is 6.26 Å². The molecule has 0 N–H and O–H groups in total. The van der Waals surface area contributed by atoms with Crippen molar-refractivity contribution >= 4 is 21.5 Å². The minimum Gasteiger partial charge on any atom is -0.361 e. The van der Waals surface area contributed by atoms with Crippen LogP contribution in [0.15, 0.2) is 16.7 Å². The van der Waals surface area contributed by atoms with Crippen LogP contribution >= 0.6 is 0 Å². The Morgan fingerprint density at radius 1 is 1.04 bits per heavy atom. The molecule has 0 radical (unpaired) electrons. The van der Waals surface area contributed by atoms with E-state index in [9.17, 15) is 8.42 Å². The average molecular weight is 390 g/mol. The summed E-state index contributed by atoms with van der Waals surface area (Å²) in [6.07, 6.45) is 1.25. The van der Waals surface area contributed by atoms with E-state index in [0.29, 0.717) is 37.6 Å². The maximum atomic E-state index is 11.8. The third-order valence-corrected chi connectivity index (χ3v) is 6.25. The molecular weight excluding hydrogens is 368 g/mol. The van der Waals surface area contributed by atoms with Gasteiger partial charge in [-0.15, -0.1) is 0 Å². The molecule has 1 saturated heterocycles. The number of hydrogen-bond acceptors (Lipinski definition) is 7. The number of hydrogen-bond donors (Lipinski definition) is 0. The molecule has 1 aliphatic heterocycles. The number of aryl methyl sites for hydroxylation is 2. The van der Waals surface area contributed by atoms with E-state index in [2.05, 4.69) is 15.0 Å². The lowest BCUT2D eigenvalue weighted by atomic mass is 10.2. The molecule has 0 spiro atoms. The summed E-state index contributed by atoms with van der Waals surface area (Å²) in [5.41, 5.74) is 4.04. The molecule has 3 aromatic heterocycles. The summed E-state index contributed by atoms with van der Waals surface area (Å²) in [4.78, 5) is 6.82. The lowest BCUT2D eigenvalue weighted by Gasteiger charge is -2.35. The highest BCUT2D eigenvalue weighted by Crippen LogP contribution is 2.27. The second kappa shape index (κ2) is 6.31. The normalized spacial score (nSPS) is 16.4. The Bertz CT molecular complexity index is 1110. The minimum atomic E-state index is -3.17. The number of aromatic nitrogens is 4. The molecule has 10 heteroatoms. The van der Waals surface area contributed by atoms with Gasteiger partial charge in [-0.25, -0.2) is 13.4 Å². The van der Waals surface area contributed by atoms with Crippen molar-refractivity contribution in [3.63, 3.8) is 0 Å². The van der Waals surface area contributed by atoms with Gasteiger partial charge in [-0.1, -0.05) is 5.16 Å². The van der Waals surface area contributed by atoms with E-state index >= 15 is 0 Å². The van der Waals surface area contributed by atoms with E-state index in [0.717, 1.165) is 28.5 Å². The molecule has 1 fully saturated rings. The standard InChI is InChI=1S/C17H22N6O3S/c1-11-9-15(20-26-11)14-10-16-18-13(3)12(2)17(23(16)19-14)21-5-7-22(8-6-21)27(4,24)25/h9-10H,5-8H2,1-4H3. The van der Waals surface area contributed by atoms with Crippen LogP contribution in [0.5, 0.6) is 0 Å². The lowest BCUT2D eigenvalue weighted by molar-refractivity contribution is 0.385. The molecule has 0 amide bonds. The fourth-order valence-corrected chi connectivity index (χ4v) is 4.22. The van der Waals surface area contributed by atoms with Crippen LogP contribution < -0.4 is 4.90 Å². The fraction of sp³-hybridized carbons (Fsp3) is 0.471. The molecule has 3 aromatic rings. The summed E-state index contributed by atoms with van der Waals surface area (Å²) in [5, 5.41) is 8.74. The first-order valence-corrected chi connectivity index (χ1v) is 10.6. The van der Waals surface area contributed by atoms with Crippen molar-refractivity contribution < 1.29 is 12.9 Å². The van der Waals surface area contributed by atoms with E-state index in [1.165, 1.54) is 10.6 Å². The van der Waals surface area contributed by atoms with Gasteiger partial charge in [-0.3, -0.25) is 0 Å². The van der Waals surface area contributed by atoms with Crippen LogP contribution in [0.2, 0.25) is 0 Å². The van der Waals surface area contributed by atoms with Gasteiger partial charge >= 0.3 is 0 Å². The van der Waals surface area contributed by atoms with Crippen LogP contribution in [0.3, 0.4) is 0 Å². The van der Waals surface area contributed by atoms with Crippen molar-refractivity contribution in [3.8, 4) is 11.4 Å². The van der Waals surface area contributed by atoms with Gasteiger partial charge in [0.2, 0.25) is 10.0 Å². The molecule has 0 atom stereocenters. The topological polar surface area (TPSA) is 96.8 Å². The van der Waals surface area contributed by atoms with Gasteiger partial charge in [0.15, 0.2) is 5.65 Å². The lowest BCUT2D eigenvalue weighted by Crippen LogP contribution is -2.49. The zero-order valence-electron chi connectivity index (χ0n) is 15.8. The first-order chi connectivity index (χ1) is 12.7. The third kappa shape index (κ3) is 3.19. The molecular formula is C17H22N6O3S. The Hall–Kier alpha value is -2.46. The molecule has 0 unspecified atom stereocenters. The predicted octanol–water partition coefficient (Wildman–Crippen LogP) is 1.39. The highest BCUT2D eigenvalue weighted by Gasteiger charge is 2.27. The third-order valence-electron chi connectivity index (χ3n) is 4.95. The second-order valence-electron chi connectivity index (χ2n) is 6.92. The van der Waals surface area contributed by atoms with E-state index in [4.69, 9.17) is 9.62 Å². The summed E-state index contributed by atoms with van der Waals surface area (Å²) in [6.45, 7) is 7.94. The van der Waals surface area contributed by atoms with Gasteiger partial charge in [-0.2, -0.15) is 13.9 Å². The van der Waals surface area contributed by atoms with Gasteiger partial charge in [0.25, 0.3) is 0 Å². The molecule has 4 rings (SSSR count). The smallest absolute Gasteiger partial charge is 0.211 e. The maximum absolute atomic E-state index is 11.8. The second-order valence-corrected chi connectivity index (χ2v) is 8.90. The Kier molecular flexibility index (Phi) is 4.19. The van der Waals surface area contributed by atoms with E-state index < -0.39 is 10.0 Å². The average Bonchev–Trinajstić information content (AvgIpc) is 3.21. The van der Waals surface area contributed by atoms with Crippen molar-refractivity contribution in [2.45, 2.75) is 20.8 Å². The van der Waals surface area contributed by atoms with Gasteiger partial charge < -0.3 is 9.42 Å². The molecule has 0 bridgehead atoms. The number of rotatable bonds is 3. The van der Waals surface area contributed by atoms with Gasteiger partial charge in [0.1, 0.15) is 23.0 Å². The number of fused-ring (bicyclic) bond motifs is 1. The highest BCUT2D eigenvalue weighted by molar-refractivity contribution is 7.88. The zero-order valence-corrected chi connectivity index (χ0v) is 16.6. The van der Waals surface area contributed by atoms with Crippen molar-refractivity contribution in [2.75, 3.05) is 37.3 Å². The van der Waals surface area contributed by atoms with Gasteiger partial charge in [-0.05, 0) is 20.8 Å². The molecule has 0 aromatic carbocycles. The number of piperazine rings is 1. The zero-order chi connectivity index (χ0) is 19.3. The number of anilines is 1. The Labute approximate surface area is 157 Å². The molecule has 0 saturated carbocycles. The molecule has 9 nitrogen and oxygen atoms in total. The maximum Gasteiger partial charge on any atom is 0.211 e. The number of nitrogens with zero attached hydrogens (tertiary/aromatic N) is 6.